The van der Waals surface area contributed by atoms with Crippen molar-refractivity contribution in [2.75, 3.05) is 5.32 Å². The summed E-state index contributed by atoms with van der Waals surface area (Å²) in [6, 6.07) is 10.1. The van der Waals surface area contributed by atoms with Gasteiger partial charge in [0.2, 0.25) is 0 Å². The predicted molar refractivity (Wildman–Crippen MR) is 75.2 cm³/mol. The maximum absolute atomic E-state index is 9.03. The highest BCUT2D eigenvalue weighted by Gasteiger charge is 2.18. The van der Waals surface area contributed by atoms with E-state index < -0.39 is 0 Å². The summed E-state index contributed by atoms with van der Waals surface area (Å²) >= 11 is 0. The van der Waals surface area contributed by atoms with Gasteiger partial charge in [-0.25, -0.2) is 9.97 Å². The van der Waals surface area contributed by atoms with Crippen LogP contribution in [0, 0.1) is 11.3 Å². The van der Waals surface area contributed by atoms with Crippen LogP contribution < -0.4 is 5.32 Å². The van der Waals surface area contributed by atoms with Crippen molar-refractivity contribution in [1.82, 2.24) is 9.97 Å². The zero-order valence-corrected chi connectivity index (χ0v) is 11.3. The molecule has 0 aliphatic heterocycles. The molecule has 0 saturated heterocycles. The van der Waals surface area contributed by atoms with Crippen molar-refractivity contribution in [1.29, 1.82) is 5.26 Å². The molecule has 0 aliphatic rings. The minimum absolute atomic E-state index is 0.0125. The Morgan fingerprint density at radius 1 is 1.11 bits per heavy atom. The summed E-state index contributed by atoms with van der Waals surface area (Å²) in [6.45, 7) is 6.44. The number of benzene rings is 1. The quantitative estimate of drug-likeness (QED) is 0.889. The Bertz CT molecular complexity index is 621. The number of aromatic nitrogens is 2. The van der Waals surface area contributed by atoms with Crippen LogP contribution in [0.3, 0.4) is 0 Å². The Kier molecular flexibility index (Phi) is 3.48. The van der Waals surface area contributed by atoms with Crippen LogP contribution in [-0.4, -0.2) is 9.97 Å². The van der Waals surface area contributed by atoms with Crippen LogP contribution in [0.25, 0.3) is 0 Å². The summed E-state index contributed by atoms with van der Waals surface area (Å²) < 4.78 is 0. The number of hydrogen-bond donors (Lipinski definition) is 1. The van der Waals surface area contributed by atoms with Crippen LogP contribution in [0.15, 0.2) is 36.7 Å². The van der Waals surface area contributed by atoms with Crippen LogP contribution in [0.1, 0.15) is 32.0 Å². The van der Waals surface area contributed by atoms with E-state index in [1.54, 1.807) is 6.20 Å². The summed E-state index contributed by atoms with van der Waals surface area (Å²) in [5, 5.41) is 12.2. The number of para-hydroxylation sites is 1. The van der Waals surface area contributed by atoms with Crippen molar-refractivity contribution >= 4 is 11.5 Å². The second-order valence-corrected chi connectivity index (χ2v) is 5.29. The summed E-state index contributed by atoms with van der Waals surface area (Å²) in [6.07, 6.45) is 3.09. The van der Waals surface area contributed by atoms with Crippen molar-refractivity contribution in [2.24, 2.45) is 0 Å². The standard InChI is InChI=1S/C15H16N4/c1-15(2,3)11-6-4-5-7-12(11)19-14-13(10-16)17-8-9-18-14/h4-9H,1-3H3,(H,18,19). The minimum Gasteiger partial charge on any atom is -0.338 e. The van der Waals surface area contributed by atoms with E-state index in [9.17, 15) is 0 Å². The van der Waals surface area contributed by atoms with Gasteiger partial charge in [0.15, 0.2) is 11.5 Å². The summed E-state index contributed by atoms with van der Waals surface area (Å²) in [5.41, 5.74) is 2.43. The summed E-state index contributed by atoms with van der Waals surface area (Å²) in [5.74, 6) is 0.488. The molecule has 96 valence electrons. The molecule has 4 nitrogen and oxygen atoms in total. The van der Waals surface area contributed by atoms with Crippen LogP contribution in [0.4, 0.5) is 11.5 Å². The molecule has 0 radical (unpaired) electrons. The lowest BCUT2D eigenvalue weighted by Gasteiger charge is -2.23. The number of hydrogen-bond acceptors (Lipinski definition) is 4. The Balaban J connectivity index is 2.43. The van der Waals surface area contributed by atoms with Crippen LogP contribution in [0.5, 0.6) is 0 Å². The number of nitrogens with one attached hydrogen (secondary N) is 1. The van der Waals surface area contributed by atoms with E-state index in [4.69, 9.17) is 5.26 Å². The summed E-state index contributed by atoms with van der Waals surface area (Å²) in [7, 11) is 0. The van der Waals surface area contributed by atoms with Crippen molar-refractivity contribution in [3.8, 4) is 6.07 Å². The molecule has 2 rings (SSSR count). The zero-order valence-electron chi connectivity index (χ0n) is 11.3. The first-order chi connectivity index (χ1) is 9.02. The third-order valence-corrected chi connectivity index (χ3v) is 2.79. The Hall–Kier alpha value is -2.41. The Morgan fingerprint density at radius 3 is 2.47 bits per heavy atom. The van der Waals surface area contributed by atoms with Gasteiger partial charge in [0.1, 0.15) is 6.07 Å². The Labute approximate surface area is 113 Å². The highest BCUT2D eigenvalue weighted by molar-refractivity contribution is 5.65. The molecular weight excluding hydrogens is 236 g/mol. The third-order valence-electron chi connectivity index (χ3n) is 2.79. The molecule has 1 N–H and O–H groups in total. The van der Waals surface area contributed by atoms with E-state index in [0.29, 0.717) is 11.5 Å². The molecule has 0 spiro atoms. The molecule has 2 aromatic rings. The fourth-order valence-corrected chi connectivity index (χ4v) is 1.89. The lowest BCUT2D eigenvalue weighted by atomic mass is 9.86. The zero-order chi connectivity index (χ0) is 13.9. The third kappa shape index (κ3) is 2.89. The molecular formula is C15H16N4. The maximum atomic E-state index is 9.03. The monoisotopic (exact) mass is 252 g/mol. The van der Waals surface area contributed by atoms with Gasteiger partial charge in [0, 0.05) is 18.1 Å². The van der Waals surface area contributed by atoms with Gasteiger partial charge >= 0.3 is 0 Å². The second-order valence-electron chi connectivity index (χ2n) is 5.29. The van der Waals surface area contributed by atoms with Crippen LogP contribution in [0.2, 0.25) is 0 Å². The molecule has 1 aromatic carbocycles. The lowest BCUT2D eigenvalue weighted by molar-refractivity contribution is 0.592. The largest absolute Gasteiger partial charge is 0.338 e. The van der Waals surface area contributed by atoms with Gasteiger partial charge in [0.25, 0.3) is 0 Å². The molecule has 0 bridgehead atoms. The van der Waals surface area contributed by atoms with Crippen molar-refractivity contribution in [3.63, 3.8) is 0 Å². The van der Waals surface area contributed by atoms with E-state index in [2.05, 4.69) is 42.1 Å². The molecule has 0 atom stereocenters. The van der Waals surface area contributed by atoms with Crippen molar-refractivity contribution in [3.05, 3.63) is 47.9 Å². The SMILES string of the molecule is CC(C)(C)c1ccccc1Nc1nccnc1C#N. The van der Waals surface area contributed by atoms with Crippen molar-refractivity contribution in [2.45, 2.75) is 26.2 Å². The first kappa shape index (κ1) is 13.0. The van der Waals surface area contributed by atoms with Gasteiger partial charge < -0.3 is 5.32 Å². The molecule has 0 amide bonds. The number of nitrogens with zero attached hydrogens (tertiary/aromatic N) is 3. The number of rotatable bonds is 2. The number of anilines is 2. The molecule has 0 saturated carbocycles. The normalized spacial score (nSPS) is 10.8. The topological polar surface area (TPSA) is 61.6 Å². The van der Waals surface area contributed by atoms with Gasteiger partial charge in [-0.15, -0.1) is 0 Å². The average molecular weight is 252 g/mol. The van der Waals surface area contributed by atoms with E-state index >= 15 is 0 Å². The molecule has 0 aliphatic carbocycles. The molecule has 19 heavy (non-hydrogen) atoms. The number of nitriles is 1. The van der Waals surface area contributed by atoms with E-state index in [-0.39, 0.29) is 5.41 Å². The molecule has 1 heterocycles. The smallest absolute Gasteiger partial charge is 0.183 e. The van der Waals surface area contributed by atoms with Gasteiger partial charge in [-0.1, -0.05) is 39.0 Å². The highest BCUT2D eigenvalue weighted by atomic mass is 15.0. The van der Waals surface area contributed by atoms with Crippen LogP contribution >= 0.6 is 0 Å². The van der Waals surface area contributed by atoms with Crippen molar-refractivity contribution < 1.29 is 0 Å². The van der Waals surface area contributed by atoms with E-state index in [0.717, 1.165) is 5.69 Å². The molecule has 1 aromatic heterocycles. The Morgan fingerprint density at radius 2 is 1.79 bits per heavy atom. The van der Waals surface area contributed by atoms with E-state index in [1.165, 1.54) is 11.8 Å². The van der Waals surface area contributed by atoms with Gasteiger partial charge in [-0.2, -0.15) is 5.26 Å². The lowest BCUT2D eigenvalue weighted by Crippen LogP contribution is -2.14. The minimum atomic E-state index is 0.0125. The van der Waals surface area contributed by atoms with Gasteiger partial charge in [-0.3, -0.25) is 0 Å². The van der Waals surface area contributed by atoms with Gasteiger partial charge in [0.05, 0.1) is 0 Å². The maximum Gasteiger partial charge on any atom is 0.183 e. The fraction of sp³-hybridized carbons (Fsp3) is 0.267. The molecule has 0 fully saturated rings. The predicted octanol–water partition coefficient (Wildman–Crippen LogP) is 3.39. The first-order valence-electron chi connectivity index (χ1n) is 6.10. The summed E-state index contributed by atoms with van der Waals surface area (Å²) in [4.78, 5) is 8.17. The second kappa shape index (κ2) is 5.07. The average Bonchev–Trinajstić information content (AvgIpc) is 2.39. The molecule has 4 heteroatoms. The van der Waals surface area contributed by atoms with Crippen LogP contribution in [-0.2, 0) is 5.41 Å². The highest BCUT2D eigenvalue weighted by Crippen LogP contribution is 2.31. The fourth-order valence-electron chi connectivity index (χ4n) is 1.89. The molecule has 0 unspecified atom stereocenters. The van der Waals surface area contributed by atoms with E-state index in [1.807, 2.05) is 24.3 Å². The first-order valence-corrected chi connectivity index (χ1v) is 6.10. The van der Waals surface area contributed by atoms with Gasteiger partial charge in [-0.05, 0) is 17.0 Å².